The topological polar surface area (TPSA) is 53.7 Å². The van der Waals surface area contributed by atoms with Crippen molar-refractivity contribution in [3.8, 4) is 39.7 Å². The summed E-state index contributed by atoms with van der Waals surface area (Å²) in [5.74, 6) is 0. The van der Waals surface area contributed by atoms with Gasteiger partial charge in [-0.1, -0.05) is 60.7 Å². The minimum atomic E-state index is 0.535. The molecule has 0 saturated heterocycles. The van der Waals surface area contributed by atoms with Crippen molar-refractivity contribution in [1.29, 1.82) is 5.26 Å². The van der Waals surface area contributed by atoms with E-state index < -0.39 is 0 Å². The smallest absolute Gasteiger partial charge is 0.227 e. The number of hydrogen-bond acceptors (Lipinski definition) is 3. The fourth-order valence-corrected chi connectivity index (χ4v) is 4.99. The number of benzene rings is 3. The molecule has 0 fully saturated rings. The first-order valence-corrected chi connectivity index (χ1v) is 11.9. The average Bonchev–Trinajstić information content (AvgIpc) is 3.26. The summed E-state index contributed by atoms with van der Waals surface area (Å²) < 4.78 is 8.52. The predicted octanol–water partition coefficient (Wildman–Crippen LogP) is 7.30. The summed E-state index contributed by atoms with van der Waals surface area (Å²) in [5.41, 5.74) is 10.0. The Morgan fingerprint density at radius 3 is 2.36 bits per heavy atom. The SMILES string of the molecule is Cc1cc(-c2ccccc2)ccc1-c1nc2oc3c(-c4cccc[n+]4C)c(C)ccc3c2cc1C#N. The molecule has 0 N–H and O–H groups in total. The highest BCUT2D eigenvalue weighted by molar-refractivity contribution is 6.09. The minimum Gasteiger partial charge on any atom is -0.437 e. The van der Waals surface area contributed by atoms with Gasteiger partial charge in [0.15, 0.2) is 11.8 Å². The number of furan rings is 1. The van der Waals surface area contributed by atoms with Gasteiger partial charge in [-0.15, -0.1) is 0 Å². The number of aryl methyl sites for hydroxylation is 3. The van der Waals surface area contributed by atoms with E-state index in [1.165, 1.54) is 0 Å². The molecule has 0 aliphatic carbocycles. The molecule has 0 unspecified atom stereocenters. The zero-order valence-corrected chi connectivity index (χ0v) is 20.4. The highest BCUT2D eigenvalue weighted by Crippen LogP contribution is 2.38. The lowest BCUT2D eigenvalue weighted by atomic mass is 9.96. The van der Waals surface area contributed by atoms with Crippen molar-refractivity contribution in [1.82, 2.24) is 4.98 Å². The second kappa shape index (κ2) is 8.48. The number of nitriles is 1. The van der Waals surface area contributed by atoms with Gasteiger partial charge in [0.05, 0.1) is 16.8 Å². The van der Waals surface area contributed by atoms with E-state index in [1.807, 2.05) is 49.6 Å². The van der Waals surface area contributed by atoms with E-state index in [0.717, 1.165) is 55.4 Å². The maximum atomic E-state index is 10.1. The van der Waals surface area contributed by atoms with E-state index in [2.05, 4.69) is 73.0 Å². The van der Waals surface area contributed by atoms with Gasteiger partial charge in [-0.2, -0.15) is 5.26 Å². The molecule has 0 aliphatic rings. The average molecular weight is 467 g/mol. The Morgan fingerprint density at radius 2 is 1.61 bits per heavy atom. The van der Waals surface area contributed by atoms with E-state index in [-0.39, 0.29) is 0 Å². The number of pyridine rings is 2. The van der Waals surface area contributed by atoms with Crippen LogP contribution in [0.1, 0.15) is 16.7 Å². The standard InChI is InChI=1S/C32H24N3O/c1-20-12-14-26-27-18-24(19-33)30(25-15-13-23(17-21(25)2)22-9-5-4-6-10-22)34-32(27)36-31(26)29(20)28-11-7-8-16-35(28)3/h4-18H,1-3H3/q+1. The quantitative estimate of drug-likeness (QED) is 0.257. The molecule has 0 atom stereocenters. The van der Waals surface area contributed by atoms with E-state index in [0.29, 0.717) is 17.0 Å². The Bertz CT molecular complexity index is 1820. The van der Waals surface area contributed by atoms with Crippen LogP contribution >= 0.6 is 0 Å². The van der Waals surface area contributed by atoms with Crippen molar-refractivity contribution in [2.24, 2.45) is 7.05 Å². The lowest BCUT2D eigenvalue weighted by molar-refractivity contribution is -0.660. The minimum absolute atomic E-state index is 0.535. The van der Waals surface area contributed by atoms with Gasteiger partial charge in [-0.05, 0) is 48.2 Å². The lowest BCUT2D eigenvalue weighted by Crippen LogP contribution is -2.30. The normalized spacial score (nSPS) is 11.2. The van der Waals surface area contributed by atoms with Gasteiger partial charge in [0.1, 0.15) is 13.1 Å². The third-order valence-electron chi connectivity index (χ3n) is 6.86. The third-order valence-corrected chi connectivity index (χ3v) is 6.86. The van der Waals surface area contributed by atoms with Crippen LogP contribution < -0.4 is 4.57 Å². The number of fused-ring (bicyclic) bond motifs is 3. The Hall–Kier alpha value is -4.75. The zero-order chi connectivity index (χ0) is 24.8. The molecule has 0 spiro atoms. The summed E-state index contributed by atoms with van der Waals surface area (Å²) in [4.78, 5) is 4.91. The van der Waals surface area contributed by atoms with Gasteiger partial charge in [0, 0.05) is 28.5 Å². The summed E-state index contributed by atoms with van der Waals surface area (Å²) in [7, 11) is 2.03. The summed E-state index contributed by atoms with van der Waals surface area (Å²) >= 11 is 0. The molecule has 36 heavy (non-hydrogen) atoms. The molecule has 6 rings (SSSR count). The number of aromatic nitrogens is 2. The van der Waals surface area contributed by atoms with E-state index in [9.17, 15) is 5.26 Å². The van der Waals surface area contributed by atoms with Crippen LogP contribution in [0, 0.1) is 25.2 Å². The molecule has 0 radical (unpaired) electrons. The number of hydrogen-bond donors (Lipinski definition) is 0. The number of rotatable bonds is 3. The van der Waals surface area contributed by atoms with Crippen LogP contribution in [-0.2, 0) is 7.05 Å². The van der Waals surface area contributed by atoms with Gasteiger partial charge in [0.2, 0.25) is 11.4 Å². The van der Waals surface area contributed by atoms with Crippen LogP contribution in [-0.4, -0.2) is 4.98 Å². The maximum absolute atomic E-state index is 10.1. The summed E-state index contributed by atoms with van der Waals surface area (Å²) in [6.07, 6.45) is 2.03. The molecule has 6 aromatic rings. The number of nitrogens with zero attached hydrogens (tertiary/aromatic N) is 3. The van der Waals surface area contributed by atoms with Crippen LogP contribution in [0.2, 0.25) is 0 Å². The molecule has 0 aliphatic heterocycles. The van der Waals surface area contributed by atoms with Crippen molar-refractivity contribution in [3.63, 3.8) is 0 Å². The Labute approximate surface area is 209 Å². The second-order valence-corrected chi connectivity index (χ2v) is 9.18. The van der Waals surface area contributed by atoms with Gasteiger partial charge in [-0.25, -0.2) is 9.55 Å². The predicted molar refractivity (Wildman–Crippen MR) is 143 cm³/mol. The van der Waals surface area contributed by atoms with Crippen molar-refractivity contribution in [3.05, 3.63) is 108 Å². The molecule has 4 nitrogen and oxygen atoms in total. The molecule has 3 aromatic heterocycles. The van der Waals surface area contributed by atoms with Gasteiger partial charge in [0.25, 0.3) is 0 Å². The molecule has 172 valence electrons. The van der Waals surface area contributed by atoms with E-state index in [4.69, 9.17) is 9.40 Å². The molecule has 3 heterocycles. The summed E-state index contributed by atoms with van der Waals surface area (Å²) in [5, 5.41) is 11.9. The first-order valence-electron chi connectivity index (χ1n) is 11.9. The second-order valence-electron chi connectivity index (χ2n) is 9.18. The van der Waals surface area contributed by atoms with Gasteiger partial charge >= 0.3 is 0 Å². The molecular formula is C32H24N3O+. The van der Waals surface area contributed by atoms with E-state index in [1.54, 1.807) is 0 Å². The van der Waals surface area contributed by atoms with Crippen molar-refractivity contribution >= 4 is 22.1 Å². The fraction of sp³-hybridized carbons (Fsp3) is 0.0938. The Balaban J connectivity index is 1.57. The summed E-state index contributed by atoms with van der Waals surface area (Å²) in [6, 6.07) is 31.1. The molecule has 4 heteroatoms. The van der Waals surface area contributed by atoms with Crippen LogP contribution in [0.15, 0.2) is 95.5 Å². The van der Waals surface area contributed by atoms with Crippen LogP contribution in [0.5, 0.6) is 0 Å². The van der Waals surface area contributed by atoms with Gasteiger partial charge < -0.3 is 4.42 Å². The molecule has 0 amide bonds. The highest BCUT2D eigenvalue weighted by Gasteiger charge is 2.22. The largest absolute Gasteiger partial charge is 0.437 e. The first-order chi connectivity index (χ1) is 17.5. The molecule has 0 bridgehead atoms. The molecule has 3 aromatic carbocycles. The Morgan fingerprint density at radius 1 is 0.806 bits per heavy atom. The molecule has 0 saturated carbocycles. The maximum Gasteiger partial charge on any atom is 0.227 e. The zero-order valence-electron chi connectivity index (χ0n) is 20.4. The highest BCUT2D eigenvalue weighted by atomic mass is 16.3. The third kappa shape index (κ3) is 3.45. The van der Waals surface area contributed by atoms with Crippen molar-refractivity contribution < 1.29 is 8.98 Å². The Kier molecular flexibility index (Phi) is 5.13. The van der Waals surface area contributed by atoms with Crippen LogP contribution in [0.3, 0.4) is 0 Å². The lowest BCUT2D eigenvalue weighted by Gasteiger charge is -2.10. The van der Waals surface area contributed by atoms with E-state index >= 15 is 0 Å². The monoisotopic (exact) mass is 466 g/mol. The summed E-state index contributed by atoms with van der Waals surface area (Å²) in [6.45, 7) is 4.15. The fourth-order valence-electron chi connectivity index (χ4n) is 4.99. The van der Waals surface area contributed by atoms with Crippen LogP contribution in [0.25, 0.3) is 55.7 Å². The first kappa shape index (κ1) is 21.8. The van der Waals surface area contributed by atoms with Crippen molar-refractivity contribution in [2.45, 2.75) is 13.8 Å². The van der Waals surface area contributed by atoms with Gasteiger partial charge in [-0.3, -0.25) is 0 Å². The molecular weight excluding hydrogens is 442 g/mol. The van der Waals surface area contributed by atoms with Crippen LogP contribution in [0.4, 0.5) is 0 Å². The van der Waals surface area contributed by atoms with Crippen molar-refractivity contribution in [2.75, 3.05) is 0 Å².